The highest BCUT2D eigenvalue weighted by atomic mass is 32.1. The summed E-state index contributed by atoms with van der Waals surface area (Å²) in [6.45, 7) is 37.2. The predicted molar refractivity (Wildman–Crippen MR) is 321 cm³/mol. The Bertz CT molecular complexity index is 2550. The number of nitriles is 2. The van der Waals surface area contributed by atoms with E-state index in [0.29, 0.717) is 56.3 Å². The monoisotopic (exact) mass is 1090 g/mol. The molecule has 414 valence electrons. The number of ether oxygens (including phenoxy) is 5. The number of aliphatic hydroxyl groups is 1. The highest BCUT2D eigenvalue weighted by Gasteiger charge is 2.42. The van der Waals surface area contributed by atoms with Crippen molar-refractivity contribution in [3.8, 4) is 35.1 Å². The summed E-state index contributed by atoms with van der Waals surface area (Å²) in [5.41, 5.74) is 1.63. The first-order valence-electron chi connectivity index (χ1n) is 27.9. The lowest BCUT2D eigenvalue weighted by molar-refractivity contribution is 0.0618. The van der Waals surface area contributed by atoms with Gasteiger partial charge in [-0.2, -0.15) is 10.5 Å². The minimum Gasteiger partial charge on any atom is -0.493 e. The van der Waals surface area contributed by atoms with Gasteiger partial charge in [0.1, 0.15) is 17.7 Å². The number of allylic oxidation sites excluding steroid dienone is 1. The molecule has 76 heavy (non-hydrogen) atoms. The van der Waals surface area contributed by atoms with Crippen LogP contribution in [0.15, 0.2) is 52.9 Å². The van der Waals surface area contributed by atoms with Gasteiger partial charge in [-0.25, -0.2) is 4.85 Å². The first-order chi connectivity index (χ1) is 36.6. The van der Waals surface area contributed by atoms with Gasteiger partial charge in [-0.3, -0.25) is 0 Å². The van der Waals surface area contributed by atoms with Gasteiger partial charge in [-0.15, -0.1) is 22.7 Å². The van der Waals surface area contributed by atoms with E-state index in [0.717, 1.165) is 120 Å². The highest BCUT2D eigenvalue weighted by molar-refractivity contribution is 7.15. The number of hydrogen-bond acceptors (Lipinski definition) is 12. The van der Waals surface area contributed by atoms with Gasteiger partial charge in [0.2, 0.25) is 5.70 Å². The van der Waals surface area contributed by atoms with Crippen LogP contribution >= 0.6 is 22.7 Å². The molecule has 0 radical (unpaired) electrons. The summed E-state index contributed by atoms with van der Waals surface area (Å²) >= 11 is 3.15. The van der Waals surface area contributed by atoms with Crippen LogP contribution in [0, 0.1) is 29.2 Å². The Kier molecular flexibility index (Phi) is 27.0. The Labute approximate surface area is 466 Å². The van der Waals surface area contributed by atoms with E-state index >= 15 is 0 Å². The van der Waals surface area contributed by atoms with Crippen LogP contribution in [0.3, 0.4) is 0 Å². The summed E-state index contributed by atoms with van der Waals surface area (Å²) in [7, 11) is -1.70. The molecule has 11 nitrogen and oxygen atoms in total. The van der Waals surface area contributed by atoms with Crippen molar-refractivity contribution in [1.82, 2.24) is 0 Å². The molecule has 0 bridgehead atoms. The molecule has 0 aliphatic carbocycles. The average molecular weight is 1090 g/mol. The number of hydrogen-bond donors (Lipinski definition) is 1. The standard InChI is InChI=1S/C62H88N4O7S2Si/c1-13-18-40-68-57-51(33-29-47-27-30-49(31-28-47)66(17-5)38-24-22-23-25-44-72-76(11,12)61(6,7)8)74-53(59(57)70-42-20-15-3)35-36-54-60(71-43-21-16-4)58(69-41-19-14-2)52(75-54)34-32-50-55(65-10)56(48(45-63)46-64)73-62(50,9)37-26-39-67/h27-36,67H,13-26,37-44H2,1-9,11-12H3. The fourth-order valence-electron chi connectivity index (χ4n) is 8.15. The Hall–Kier alpha value is -5.27. The molecule has 1 unspecified atom stereocenters. The molecular weight excluding hydrogens is 1000 g/mol. The van der Waals surface area contributed by atoms with E-state index < -0.39 is 13.9 Å². The Morgan fingerprint density at radius 2 is 1.14 bits per heavy atom. The van der Waals surface area contributed by atoms with E-state index in [1.54, 1.807) is 11.3 Å². The molecule has 3 heterocycles. The molecule has 1 atom stereocenters. The lowest BCUT2D eigenvalue weighted by atomic mass is 9.90. The van der Waals surface area contributed by atoms with E-state index in [1.165, 1.54) is 29.9 Å². The van der Waals surface area contributed by atoms with Crippen LogP contribution in [-0.2, 0) is 9.16 Å². The minimum atomic E-state index is -1.70. The summed E-state index contributed by atoms with van der Waals surface area (Å²) in [4.78, 5) is 9.79. The van der Waals surface area contributed by atoms with Crippen molar-refractivity contribution >= 4 is 67.1 Å². The van der Waals surface area contributed by atoms with Crippen LogP contribution in [0.25, 0.3) is 35.2 Å². The van der Waals surface area contributed by atoms with Gasteiger partial charge < -0.3 is 38.1 Å². The summed E-state index contributed by atoms with van der Waals surface area (Å²) < 4.78 is 39.1. The molecule has 1 aliphatic rings. The van der Waals surface area contributed by atoms with Gasteiger partial charge >= 0.3 is 0 Å². The van der Waals surface area contributed by atoms with E-state index in [1.807, 2.05) is 31.2 Å². The van der Waals surface area contributed by atoms with E-state index in [-0.39, 0.29) is 28.7 Å². The molecule has 3 aromatic rings. The predicted octanol–water partition coefficient (Wildman–Crippen LogP) is 17.3. The molecule has 14 heteroatoms. The molecule has 0 spiro atoms. The van der Waals surface area contributed by atoms with Crippen molar-refractivity contribution in [2.75, 3.05) is 57.6 Å². The Morgan fingerprint density at radius 3 is 1.57 bits per heavy atom. The molecule has 2 aromatic heterocycles. The molecule has 0 fully saturated rings. The lowest BCUT2D eigenvalue weighted by Gasteiger charge is -2.36. The molecular formula is C62H88N4O7S2Si. The largest absolute Gasteiger partial charge is 0.493 e. The molecule has 4 rings (SSSR count). The maximum Gasteiger partial charge on any atom is 0.237 e. The second-order valence-electron chi connectivity index (χ2n) is 20.9. The van der Waals surface area contributed by atoms with Crippen LogP contribution in [-0.4, -0.2) is 71.8 Å². The quantitative estimate of drug-likeness (QED) is 0.0263. The summed E-state index contributed by atoms with van der Waals surface area (Å²) in [6, 6.07) is 12.6. The van der Waals surface area contributed by atoms with Crippen LogP contribution in [0.1, 0.15) is 177 Å². The number of benzene rings is 1. The number of anilines is 1. The fourth-order valence-corrected chi connectivity index (χ4v) is 11.2. The number of aliphatic hydroxyl groups excluding tert-OH is 1. The zero-order valence-electron chi connectivity index (χ0n) is 47.8. The lowest BCUT2D eigenvalue weighted by Crippen LogP contribution is -2.40. The van der Waals surface area contributed by atoms with Crippen molar-refractivity contribution in [3.05, 3.63) is 89.4 Å². The Morgan fingerprint density at radius 1 is 0.684 bits per heavy atom. The first kappa shape index (κ1) is 63.3. The molecule has 0 amide bonds. The van der Waals surface area contributed by atoms with Crippen molar-refractivity contribution in [1.29, 1.82) is 10.5 Å². The third kappa shape index (κ3) is 18.2. The van der Waals surface area contributed by atoms with E-state index in [2.05, 4.69) is 127 Å². The van der Waals surface area contributed by atoms with E-state index in [9.17, 15) is 15.6 Å². The van der Waals surface area contributed by atoms with Crippen LogP contribution < -0.4 is 23.8 Å². The van der Waals surface area contributed by atoms with Gasteiger partial charge in [0, 0.05) is 37.6 Å². The van der Waals surface area contributed by atoms with Crippen LogP contribution in [0.5, 0.6) is 23.0 Å². The minimum absolute atomic E-state index is 0.0364. The third-order valence-corrected chi connectivity index (χ3v) is 20.6. The number of thiophene rings is 2. The Balaban J connectivity index is 1.73. The van der Waals surface area contributed by atoms with Crippen molar-refractivity contribution in [2.24, 2.45) is 0 Å². The topological polar surface area (TPSA) is 131 Å². The molecule has 0 saturated carbocycles. The van der Waals surface area contributed by atoms with Crippen LogP contribution in [0.2, 0.25) is 18.1 Å². The van der Waals surface area contributed by atoms with Crippen molar-refractivity contribution in [2.45, 2.75) is 176 Å². The van der Waals surface area contributed by atoms with Crippen molar-refractivity contribution < 1.29 is 33.2 Å². The molecule has 1 aromatic carbocycles. The summed E-state index contributed by atoms with van der Waals surface area (Å²) in [5, 5.41) is 29.6. The number of nitrogens with zero attached hydrogens (tertiary/aromatic N) is 4. The smallest absolute Gasteiger partial charge is 0.237 e. The normalized spacial score (nSPS) is 14.9. The maximum absolute atomic E-state index is 9.80. The van der Waals surface area contributed by atoms with Crippen LogP contribution in [0.4, 0.5) is 5.69 Å². The van der Waals surface area contributed by atoms with Gasteiger partial charge in [0.15, 0.2) is 42.6 Å². The fraction of sp³-hybridized carbons (Fsp3) is 0.565. The SMILES string of the molecule is [C-]#[N+]C1=C(C=Cc2sc(C=Cc3sc(C=Cc4ccc(N(CC)CCCCCCO[Si](C)(C)C(C)(C)C)cc4)c(OCCCC)c3OCCCC)c(OCCCC)c2OCCCC)C(C)(CCCO)OC1=C(C#N)C#N. The second kappa shape index (κ2) is 32.5. The highest BCUT2D eigenvalue weighted by Crippen LogP contribution is 2.49. The van der Waals surface area contributed by atoms with Gasteiger partial charge in [-0.05, 0) is 125 Å². The first-order valence-corrected chi connectivity index (χ1v) is 32.5. The van der Waals surface area contributed by atoms with Crippen molar-refractivity contribution in [3.63, 3.8) is 0 Å². The number of unbranched alkanes of at least 4 members (excludes halogenated alkanes) is 7. The zero-order chi connectivity index (χ0) is 55.6. The molecule has 0 saturated heterocycles. The maximum atomic E-state index is 9.80. The molecule has 1 N–H and O–H groups in total. The van der Waals surface area contributed by atoms with Gasteiger partial charge in [0.25, 0.3) is 0 Å². The van der Waals surface area contributed by atoms with Gasteiger partial charge in [-0.1, -0.05) is 111 Å². The third-order valence-electron chi connectivity index (χ3n) is 13.9. The van der Waals surface area contributed by atoms with E-state index in [4.69, 9.17) is 34.7 Å². The zero-order valence-corrected chi connectivity index (χ0v) is 50.5. The number of rotatable bonds is 35. The summed E-state index contributed by atoms with van der Waals surface area (Å²) in [6.07, 6.45) is 25.0. The molecule has 1 aliphatic heterocycles. The summed E-state index contributed by atoms with van der Waals surface area (Å²) in [5.74, 6) is 2.70. The average Bonchev–Trinajstić information content (AvgIpc) is 4.01. The van der Waals surface area contributed by atoms with Gasteiger partial charge in [0.05, 0.1) is 52.5 Å². The second-order valence-corrected chi connectivity index (χ2v) is 27.9.